The third kappa shape index (κ3) is 3.29. The van der Waals surface area contributed by atoms with E-state index >= 15 is 0 Å². The summed E-state index contributed by atoms with van der Waals surface area (Å²) >= 11 is 0. The van der Waals surface area contributed by atoms with Gasteiger partial charge in [0.05, 0.1) is 11.9 Å². The van der Waals surface area contributed by atoms with Gasteiger partial charge in [-0.05, 0) is 31.8 Å². The molecule has 1 aliphatic rings. The first-order chi connectivity index (χ1) is 8.68. The minimum Gasteiger partial charge on any atom is -0.310 e. The average Bonchev–Trinajstić information content (AvgIpc) is 2.96. The third-order valence-electron chi connectivity index (χ3n) is 3.85. The monoisotopic (exact) mass is 251 g/mol. The lowest BCUT2D eigenvalue weighted by atomic mass is 10.0. The van der Waals surface area contributed by atoms with Crippen molar-refractivity contribution in [2.45, 2.75) is 39.3 Å². The second-order valence-corrected chi connectivity index (χ2v) is 5.53. The van der Waals surface area contributed by atoms with Crippen molar-refractivity contribution < 1.29 is 0 Å². The maximum absolute atomic E-state index is 3.94. The lowest BCUT2D eigenvalue weighted by Crippen LogP contribution is -2.44. The molecule has 0 aliphatic carbocycles. The van der Waals surface area contributed by atoms with Crippen LogP contribution in [0.3, 0.4) is 0 Å². The van der Waals surface area contributed by atoms with E-state index in [4.69, 9.17) is 0 Å². The van der Waals surface area contributed by atoms with E-state index in [2.05, 4.69) is 34.4 Å². The van der Waals surface area contributed by atoms with Crippen LogP contribution < -0.4 is 5.32 Å². The van der Waals surface area contributed by atoms with Crippen LogP contribution in [0.2, 0.25) is 0 Å². The molecule has 0 aromatic carbocycles. The zero-order chi connectivity index (χ0) is 13.0. The van der Waals surface area contributed by atoms with Gasteiger partial charge in [-0.3, -0.25) is 9.58 Å². The average molecular weight is 251 g/mol. The first-order valence-electron chi connectivity index (χ1n) is 6.97. The summed E-state index contributed by atoms with van der Waals surface area (Å²) in [6.07, 6.45) is 4.54. The van der Waals surface area contributed by atoms with Crippen molar-refractivity contribution in [2.75, 3.05) is 19.6 Å². The molecule has 18 heavy (non-hydrogen) atoms. The molecule has 1 aromatic rings. The quantitative estimate of drug-likeness (QED) is 0.820. The smallest absolute Gasteiger partial charge is 0.0738 e. The van der Waals surface area contributed by atoms with Crippen molar-refractivity contribution in [3.8, 4) is 0 Å². The summed E-state index contributed by atoms with van der Waals surface area (Å²) in [5.41, 5.74) is 1.14. The molecule has 1 fully saturated rings. The second-order valence-electron chi connectivity index (χ2n) is 5.53. The summed E-state index contributed by atoms with van der Waals surface area (Å²) in [5, 5.41) is 11.4. The second kappa shape index (κ2) is 6.29. The van der Waals surface area contributed by atoms with E-state index in [0.717, 1.165) is 18.8 Å². The number of aromatic nitrogens is 3. The van der Waals surface area contributed by atoms with E-state index in [-0.39, 0.29) is 0 Å². The van der Waals surface area contributed by atoms with Crippen LogP contribution in [0.15, 0.2) is 6.20 Å². The fourth-order valence-corrected chi connectivity index (χ4v) is 2.68. The fraction of sp³-hybridized carbons (Fsp3) is 0.846. The molecule has 1 saturated heterocycles. The summed E-state index contributed by atoms with van der Waals surface area (Å²) in [5.74, 6) is 0.695. The van der Waals surface area contributed by atoms with Gasteiger partial charge in [-0.1, -0.05) is 19.1 Å². The molecule has 0 amide bonds. The predicted molar refractivity (Wildman–Crippen MR) is 72.1 cm³/mol. The lowest BCUT2D eigenvalue weighted by molar-refractivity contribution is 0.186. The molecule has 1 atom stereocenters. The van der Waals surface area contributed by atoms with Gasteiger partial charge in [-0.2, -0.15) is 0 Å². The number of nitrogens with one attached hydrogen (secondary N) is 1. The molecule has 2 rings (SSSR count). The van der Waals surface area contributed by atoms with Crippen LogP contribution in [-0.2, 0) is 13.6 Å². The Balaban J connectivity index is 1.80. The molecule has 5 heteroatoms. The van der Waals surface area contributed by atoms with E-state index in [0.29, 0.717) is 12.0 Å². The normalized spacial score (nSPS) is 18.7. The van der Waals surface area contributed by atoms with Crippen LogP contribution in [0.5, 0.6) is 0 Å². The molecule has 1 unspecified atom stereocenters. The van der Waals surface area contributed by atoms with Crippen LogP contribution in [0, 0.1) is 5.92 Å². The van der Waals surface area contributed by atoms with Crippen molar-refractivity contribution >= 4 is 0 Å². The number of hydrogen-bond donors (Lipinski definition) is 1. The SMILES string of the molecule is CC(C)C(CNCc1cnnn1C)N1CCCC1. The van der Waals surface area contributed by atoms with Crippen molar-refractivity contribution in [1.82, 2.24) is 25.2 Å². The lowest BCUT2D eigenvalue weighted by Gasteiger charge is -2.31. The highest BCUT2D eigenvalue weighted by atomic mass is 15.4. The molecule has 5 nitrogen and oxygen atoms in total. The van der Waals surface area contributed by atoms with Gasteiger partial charge in [0.25, 0.3) is 0 Å². The third-order valence-corrected chi connectivity index (χ3v) is 3.85. The predicted octanol–water partition coefficient (Wildman–Crippen LogP) is 1.03. The number of aryl methyl sites for hydroxylation is 1. The van der Waals surface area contributed by atoms with E-state index in [1.165, 1.54) is 25.9 Å². The Morgan fingerprint density at radius 2 is 2.06 bits per heavy atom. The molecule has 1 N–H and O–H groups in total. The van der Waals surface area contributed by atoms with E-state index in [1.807, 2.05) is 17.9 Å². The minimum atomic E-state index is 0.647. The van der Waals surface area contributed by atoms with Crippen LogP contribution in [0.25, 0.3) is 0 Å². The molecule has 0 bridgehead atoms. The number of hydrogen-bond acceptors (Lipinski definition) is 4. The highest BCUT2D eigenvalue weighted by Crippen LogP contribution is 2.17. The van der Waals surface area contributed by atoms with Gasteiger partial charge >= 0.3 is 0 Å². The van der Waals surface area contributed by atoms with E-state index < -0.39 is 0 Å². The molecular weight excluding hydrogens is 226 g/mol. The Morgan fingerprint density at radius 1 is 1.33 bits per heavy atom. The summed E-state index contributed by atoms with van der Waals surface area (Å²) in [6.45, 7) is 9.05. The molecule has 102 valence electrons. The topological polar surface area (TPSA) is 46.0 Å². The first-order valence-corrected chi connectivity index (χ1v) is 6.97. The van der Waals surface area contributed by atoms with Crippen LogP contribution in [0.1, 0.15) is 32.4 Å². The minimum absolute atomic E-state index is 0.647. The number of rotatable bonds is 6. The van der Waals surface area contributed by atoms with E-state index in [1.54, 1.807) is 0 Å². The molecule has 0 radical (unpaired) electrons. The van der Waals surface area contributed by atoms with Gasteiger partial charge in [-0.25, -0.2) is 0 Å². The maximum Gasteiger partial charge on any atom is 0.0738 e. The standard InChI is InChI=1S/C13H25N5/c1-11(2)13(18-6-4-5-7-18)10-14-8-12-9-15-16-17(12)3/h9,11,13-14H,4-8,10H2,1-3H3. The van der Waals surface area contributed by atoms with Crippen molar-refractivity contribution in [3.63, 3.8) is 0 Å². The molecule has 1 aromatic heterocycles. The molecule has 0 saturated carbocycles. The highest BCUT2D eigenvalue weighted by Gasteiger charge is 2.24. The Bertz CT molecular complexity index is 354. The fourth-order valence-electron chi connectivity index (χ4n) is 2.68. The zero-order valence-corrected chi connectivity index (χ0v) is 11.8. The van der Waals surface area contributed by atoms with Crippen molar-refractivity contribution in [3.05, 3.63) is 11.9 Å². The first kappa shape index (κ1) is 13.5. The molecule has 0 spiro atoms. The highest BCUT2D eigenvalue weighted by molar-refractivity contribution is 4.92. The van der Waals surface area contributed by atoms with Crippen molar-refractivity contribution in [2.24, 2.45) is 13.0 Å². The van der Waals surface area contributed by atoms with Crippen LogP contribution in [0.4, 0.5) is 0 Å². The number of nitrogens with zero attached hydrogens (tertiary/aromatic N) is 4. The van der Waals surface area contributed by atoms with Gasteiger partial charge in [0, 0.05) is 26.2 Å². The largest absolute Gasteiger partial charge is 0.310 e. The van der Waals surface area contributed by atoms with Crippen molar-refractivity contribution in [1.29, 1.82) is 0 Å². The maximum atomic E-state index is 3.94. The number of likely N-dealkylation sites (tertiary alicyclic amines) is 1. The van der Waals surface area contributed by atoms with Crippen LogP contribution in [-0.4, -0.2) is 45.6 Å². The summed E-state index contributed by atoms with van der Waals surface area (Å²) < 4.78 is 1.83. The Morgan fingerprint density at radius 3 is 2.61 bits per heavy atom. The molecular formula is C13H25N5. The molecule has 2 heterocycles. The summed E-state index contributed by atoms with van der Waals surface area (Å²) in [6, 6.07) is 0.647. The van der Waals surface area contributed by atoms with Gasteiger partial charge < -0.3 is 5.32 Å². The van der Waals surface area contributed by atoms with Gasteiger partial charge in [0.1, 0.15) is 0 Å². The Labute approximate surface area is 110 Å². The molecule has 1 aliphatic heterocycles. The Hall–Kier alpha value is -0.940. The summed E-state index contributed by atoms with van der Waals surface area (Å²) in [4.78, 5) is 2.62. The van der Waals surface area contributed by atoms with Gasteiger partial charge in [0.2, 0.25) is 0 Å². The van der Waals surface area contributed by atoms with Crippen LogP contribution >= 0.6 is 0 Å². The summed E-state index contributed by atoms with van der Waals surface area (Å²) in [7, 11) is 1.93. The van der Waals surface area contributed by atoms with E-state index in [9.17, 15) is 0 Å². The van der Waals surface area contributed by atoms with Gasteiger partial charge in [0.15, 0.2) is 0 Å². The zero-order valence-electron chi connectivity index (χ0n) is 11.8. The Kier molecular flexibility index (Phi) is 4.72. The van der Waals surface area contributed by atoms with Gasteiger partial charge in [-0.15, -0.1) is 5.10 Å².